The molecule has 1 aliphatic heterocycles. The van der Waals surface area contributed by atoms with Crippen LogP contribution in [0.1, 0.15) is 47.6 Å². The van der Waals surface area contributed by atoms with Crippen molar-refractivity contribution in [1.29, 1.82) is 0 Å². The largest absolute Gasteiger partial charge is 0.396 e. The quantitative estimate of drug-likeness (QED) is 0.329. The standard InChI is InChI=1S/C30H33F3N6O3/c1-37-24(15-20-7-9-21(17-34)10-8-20)26-27(36-37)28(41)39(19-35-26)18-29(42)11-13-38(14-12-29)25(40)16-23(30(31,32)33)22-5-3-2-4-6-22/h2-10,19,23,42H,11-18,34H2,1H3/t23-/m1/s1. The van der Waals surface area contributed by atoms with Gasteiger partial charge in [0.2, 0.25) is 5.91 Å². The lowest BCUT2D eigenvalue weighted by molar-refractivity contribution is -0.162. The highest BCUT2D eigenvalue weighted by atomic mass is 19.4. The highest BCUT2D eigenvalue weighted by Crippen LogP contribution is 2.38. The van der Waals surface area contributed by atoms with Gasteiger partial charge in [0.25, 0.3) is 5.56 Å². The monoisotopic (exact) mass is 582 g/mol. The van der Waals surface area contributed by atoms with Crippen LogP contribution in [-0.4, -0.2) is 60.1 Å². The number of nitrogens with zero attached hydrogens (tertiary/aromatic N) is 5. The van der Waals surface area contributed by atoms with Crippen LogP contribution in [0.4, 0.5) is 13.2 Å². The molecule has 12 heteroatoms. The maximum Gasteiger partial charge on any atom is 0.396 e. The molecule has 1 aliphatic rings. The van der Waals surface area contributed by atoms with Gasteiger partial charge in [0.1, 0.15) is 5.52 Å². The third-order valence-corrected chi connectivity index (χ3v) is 8.05. The number of piperidine rings is 1. The Morgan fingerprint density at radius 3 is 2.31 bits per heavy atom. The maximum atomic E-state index is 13.8. The van der Waals surface area contributed by atoms with E-state index in [0.29, 0.717) is 18.5 Å². The van der Waals surface area contributed by atoms with E-state index in [0.717, 1.165) is 16.8 Å². The fraction of sp³-hybridized carbons (Fsp3) is 0.400. The number of alkyl halides is 3. The summed E-state index contributed by atoms with van der Waals surface area (Å²) in [6.07, 6.45) is -3.15. The third-order valence-electron chi connectivity index (χ3n) is 8.05. The fourth-order valence-electron chi connectivity index (χ4n) is 5.50. The van der Waals surface area contributed by atoms with Crippen molar-refractivity contribution in [1.82, 2.24) is 24.2 Å². The molecule has 0 aliphatic carbocycles. The zero-order valence-electron chi connectivity index (χ0n) is 23.2. The van der Waals surface area contributed by atoms with Crippen LogP contribution >= 0.6 is 0 Å². The number of fused-ring (bicyclic) bond motifs is 1. The molecular weight excluding hydrogens is 549 g/mol. The van der Waals surface area contributed by atoms with Crippen molar-refractivity contribution in [3.8, 4) is 0 Å². The topological polar surface area (TPSA) is 119 Å². The van der Waals surface area contributed by atoms with E-state index in [4.69, 9.17) is 5.73 Å². The summed E-state index contributed by atoms with van der Waals surface area (Å²) >= 11 is 0. The summed E-state index contributed by atoms with van der Waals surface area (Å²) in [6, 6.07) is 15.2. The van der Waals surface area contributed by atoms with E-state index < -0.39 is 35.6 Å². The minimum Gasteiger partial charge on any atom is -0.388 e. The van der Waals surface area contributed by atoms with E-state index >= 15 is 0 Å². The van der Waals surface area contributed by atoms with Crippen molar-refractivity contribution >= 4 is 16.9 Å². The van der Waals surface area contributed by atoms with Gasteiger partial charge in [-0.3, -0.25) is 18.8 Å². The Morgan fingerprint density at radius 1 is 1.05 bits per heavy atom. The second-order valence-corrected chi connectivity index (χ2v) is 11.0. The molecule has 0 saturated carbocycles. The number of rotatable bonds is 8. The number of aryl methyl sites for hydroxylation is 1. The molecule has 1 fully saturated rings. The zero-order valence-corrected chi connectivity index (χ0v) is 23.2. The second kappa shape index (κ2) is 11.7. The molecule has 0 radical (unpaired) electrons. The fourth-order valence-corrected chi connectivity index (χ4v) is 5.50. The molecule has 0 spiro atoms. The molecule has 5 rings (SSSR count). The molecule has 42 heavy (non-hydrogen) atoms. The molecule has 2 aromatic heterocycles. The Hall–Kier alpha value is -4.03. The Bertz CT molecular complexity index is 1610. The molecule has 0 unspecified atom stereocenters. The molecule has 1 atom stereocenters. The number of carbonyl (C=O) groups excluding carboxylic acids is 1. The first-order valence-corrected chi connectivity index (χ1v) is 13.8. The van der Waals surface area contributed by atoms with Crippen LogP contribution in [-0.2, 0) is 31.4 Å². The molecule has 222 valence electrons. The number of halogens is 3. The predicted molar refractivity (Wildman–Crippen MR) is 151 cm³/mol. The van der Waals surface area contributed by atoms with Crippen molar-refractivity contribution in [2.75, 3.05) is 13.1 Å². The van der Waals surface area contributed by atoms with Gasteiger partial charge in [-0.05, 0) is 29.5 Å². The van der Waals surface area contributed by atoms with Gasteiger partial charge in [-0.2, -0.15) is 18.3 Å². The molecule has 3 N–H and O–H groups in total. The van der Waals surface area contributed by atoms with Crippen LogP contribution in [0.25, 0.3) is 11.0 Å². The first-order valence-electron chi connectivity index (χ1n) is 13.8. The molecule has 1 saturated heterocycles. The number of nitrogens with two attached hydrogens (primary N) is 1. The summed E-state index contributed by atoms with van der Waals surface area (Å²) in [4.78, 5) is 32.0. The molecule has 9 nitrogen and oxygen atoms in total. The van der Waals surface area contributed by atoms with Crippen molar-refractivity contribution < 1.29 is 23.1 Å². The summed E-state index contributed by atoms with van der Waals surface area (Å²) in [6.45, 7) is 0.535. The van der Waals surface area contributed by atoms with Crippen molar-refractivity contribution in [3.63, 3.8) is 0 Å². The first-order chi connectivity index (χ1) is 20.0. The number of aliphatic hydroxyl groups is 1. The van der Waals surface area contributed by atoms with Gasteiger partial charge >= 0.3 is 6.18 Å². The summed E-state index contributed by atoms with van der Waals surface area (Å²) in [7, 11) is 1.75. The van der Waals surface area contributed by atoms with E-state index in [2.05, 4.69) is 10.1 Å². The van der Waals surface area contributed by atoms with Gasteiger partial charge in [0, 0.05) is 39.5 Å². The van der Waals surface area contributed by atoms with E-state index in [1.165, 1.54) is 40.1 Å². The van der Waals surface area contributed by atoms with Crippen molar-refractivity contribution in [3.05, 3.63) is 93.7 Å². The van der Waals surface area contributed by atoms with E-state index in [9.17, 15) is 27.9 Å². The average molecular weight is 583 g/mol. The van der Waals surface area contributed by atoms with Gasteiger partial charge in [-0.25, -0.2) is 4.98 Å². The highest BCUT2D eigenvalue weighted by molar-refractivity contribution is 5.77. The van der Waals surface area contributed by atoms with Crippen LogP contribution < -0.4 is 11.3 Å². The summed E-state index contributed by atoms with van der Waals surface area (Å²) in [5, 5.41) is 15.7. The van der Waals surface area contributed by atoms with Crippen molar-refractivity contribution in [2.45, 2.75) is 56.5 Å². The predicted octanol–water partition coefficient (Wildman–Crippen LogP) is 3.27. The van der Waals surface area contributed by atoms with Crippen LogP contribution in [0, 0.1) is 0 Å². The molecule has 3 heterocycles. The summed E-state index contributed by atoms with van der Waals surface area (Å²) in [5.41, 5.74) is 7.45. The van der Waals surface area contributed by atoms with E-state index in [-0.39, 0.29) is 43.6 Å². The van der Waals surface area contributed by atoms with E-state index in [1.807, 2.05) is 24.3 Å². The van der Waals surface area contributed by atoms with Crippen molar-refractivity contribution in [2.24, 2.45) is 12.8 Å². The van der Waals surface area contributed by atoms with Crippen LogP contribution in [0.3, 0.4) is 0 Å². The minimum absolute atomic E-state index is 0.0383. The number of benzene rings is 2. The Labute approximate surface area is 240 Å². The Morgan fingerprint density at radius 2 is 1.69 bits per heavy atom. The number of hydrogen-bond donors (Lipinski definition) is 2. The minimum atomic E-state index is -4.57. The van der Waals surface area contributed by atoms with Crippen LogP contribution in [0.2, 0.25) is 0 Å². The van der Waals surface area contributed by atoms with Gasteiger partial charge in [0.05, 0.1) is 30.1 Å². The lowest BCUT2D eigenvalue weighted by atomic mass is 9.90. The number of hydrogen-bond acceptors (Lipinski definition) is 6. The smallest absolute Gasteiger partial charge is 0.388 e. The number of aromatic nitrogens is 4. The molecule has 1 amide bonds. The summed E-state index contributed by atoms with van der Waals surface area (Å²) in [5.74, 6) is -2.53. The van der Waals surface area contributed by atoms with Gasteiger partial charge < -0.3 is 15.7 Å². The molecule has 2 aromatic carbocycles. The molecule has 0 bridgehead atoms. The maximum absolute atomic E-state index is 13.8. The first kappa shape index (κ1) is 29.5. The summed E-state index contributed by atoms with van der Waals surface area (Å²) < 4.78 is 44.2. The highest BCUT2D eigenvalue weighted by Gasteiger charge is 2.43. The van der Waals surface area contributed by atoms with Crippen LogP contribution in [0.15, 0.2) is 65.7 Å². The number of likely N-dealkylation sites (tertiary alicyclic amines) is 1. The lowest BCUT2D eigenvalue weighted by Gasteiger charge is -2.39. The van der Waals surface area contributed by atoms with Gasteiger partial charge in [-0.15, -0.1) is 0 Å². The normalized spacial score (nSPS) is 16.1. The Balaban J connectivity index is 1.26. The zero-order chi connectivity index (χ0) is 30.1. The second-order valence-electron chi connectivity index (χ2n) is 11.0. The van der Waals surface area contributed by atoms with Gasteiger partial charge in [-0.1, -0.05) is 54.6 Å². The number of carbonyl (C=O) groups is 1. The number of amides is 1. The average Bonchev–Trinajstić information content (AvgIpc) is 3.29. The molecular formula is C30H33F3N6O3. The van der Waals surface area contributed by atoms with Gasteiger partial charge in [0.15, 0.2) is 5.52 Å². The van der Waals surface area contributed by atoms with Crippen LogP contribution in [0.5, 0.6) is 0 Å². The van der Waals surface area contributed by atoms with E-state index in [1.54, 1.807) is 17.8 Å². The molecule has 4 aromatic rings. The lowest BCUT2D eigenvalue weighted by Crippen LogP contribution is -2.50. The third kappa shape index (κ3) is 6.24. The SMILES string of the molecule is Cn1nc2c(=O)n(CC3(O)CCN(C(=O)C[C@H](c4ccccc4)C(F)(F)F)CC3)cnc2c1Cc1ccc(CN)cc1. The Kier molecular flexibility index (Phi) is 8.20.